The highest BCUT2D eigenvalue weighted by Gasteiger charge is 2.11. The molecular weight excluding hydrogens is 316 g/mol. The summed E-state index contributed by atoms with van der Waals surface area (Å²) in [5.41, 5.74) is 0. The number of aliphatic hydroxyl groups excluding tert-OH is 1. The van der Waals surface area contributed by atoms with Gasteiger partial charge in [0.05, 0.1) is 13.2 Å². The predicted molar refractivity (Wildman–Crippen MR) is 105 cm³/mol. The Balaban J connectivity index is 2.26. The van der Waals surface area contributed by atoms with Gasteiger partial charge in [-0.25, -0.2) is 0 Å². The SMILES string of the molecule is CCNC(=NCC(CCO)CC(C)C)NCCCCN1CCOCC1. The summed E-state index contributed by atoms with van der Waals surface area (Å²) in [6, 6.07) is 0. The molecule has 0 saturated carbocycles. The number of guanidine groups is 1. The van der Waals surface area contributed by atoms with Crippen LogP contribution in [0, 0.1) is 11.8 Å². The molecule has 3 N–H and O–H groups in total. The van der Waals surface area contributed by atoms with Gasteiger partial charge in [0.2, 0.25) is 0 Å². The summed E-state index contributed by atoms with van der Waals surface area (Å²) in [5, 5.41) is 16.0. The third-order valence-electron chi connectivity index (χ3n) is 4.49. The van der Waals surface area contributed by atoms with Crippen molar-refractivity contribution in [1.29, 1.82) is 0 Å². The summed E-state index contributed by atoms with van der Waals surface area (Å²) in [5.74, 6) is 2.00. The lowest BCUT2D eigenvalue weighted by Crippen LogP contribution is -2.39. The molecule has 0 radical (unpaired) electrons. The van der Waals surface area contributed by atoms with Gasteiger partial charge in [0.15, 0.2) is 5.96 Å². The van der Waals surface area contributed by atoms with Crippen LogP contribution < -0.4 is 10.6 Å². The molecule has 148 valence electrons. The molecule has 0 bridgehead atoms. The fourth-order valence-electron chi connectivity index (χ4n) is 3.19. The number of ether oxygens (including phenoxy) is 1. The van der Waals surface area contributed by atoms with Gasteiger partial charge < -0.3 is 20.5 Å². The second-order valence-corrected chi connectivity index (χ2v) is 7.32. The van der Waals surface area contributed by atoms with Crippen LogP contribution in [0.4, 0.5) is 0 Å². The molecule has 1 saturated heterocycles. The largest absolute Gasteiger partial charge is 0.396 e. The lowest BCUT2D eigenvalue weighted by molar-refractivity contribution is 0.0372. The van der Waals surface area contributed by atoms with Crippen molar-refractivity contribution in [3.05, 3.63) is 0 Å². The zero-order chi connectivity index (χ0) is 18.3. The monoisotopic (exact) mass is 356 g/mol. The number of aliphatic hydroxyl groups is 1. The molecule has 6 heteroatoms. The number of unbranched alkanes of at least 4 members (excludes halogenated alkanes) is 1. The van der Waals surface area contributed by atoms with E-state index in [9.17, 15) is 5.11 Å². The third kappa shape index (κ3) is 11.4. The van der Waals surface area contributed by atoms with E-state index in [1.165, 1.54) is 6.42 Å². The van der Waals surface area contributed by atoms with E-state index in [0.717, 1.165) is 77.7 Å². The van der Waals surface area contributed by atoms with E-state index >= 15 is 0 Å². The second kappa shape index (κ2) is 14.3. The van der Waals surface area contributed by atoms with E-state index in [0.29, 0.717) is 11.8 Å². The van der Waals surface area contributed by atoms with E-state index in [1.807, 2.05) is 0 Å². The zero-order valence-electron chi connectivity index (χ0n) is 16.6. The summed E-state index contributed by atoms with van der Waals surface area (Å²) in [7, 11) is 0. The average molecular weight is 357 g/mol. The van der Waals surface area contributed by atoms with Gasteiger partial charge in [-0.05, 0) is 51.0 Å². The summed E-state index contributed by atoms with van der Waals surface area (Å²) < 4.78 is 5.38. The minimum atomic E-state index is 0.248. The number of morpholine rings is 1. The first kappa shape index (κ1) is 22.2. The van der Waals surface area contributed by atoms with Crippen LogP contribution in [-0.2, 0) is 4.74 Å². The molecule has 25 heavy (non-hydrogen) atoms. The van der Waals surface area contributed by atoms with E-state index in [2.05, 4.69) is 36.3 Å². The summed E-state index contributed by atoms with van der Waals surface area (Å²) in [6.45, 7) is 14.4. The minimum absolute atomic E-state index is 0.248. The normalized spacial score (nSPS) is 17.7. The van der Waals surface area contributed by atoms with Gasteiger partial charge >= 0.3 is 0 Å². The van der Waals surface area contributed by atoms with Gasteiger partial charge in [-0.3, -0.25) is 9.89 Å². The van der Waals surface area contributed by atoms with Crippen LogP contribution in [-0.4, -0.2) is 75.1 Å². The first-order valence-electron chi connectivity index (χ1n) is 10.1. The Morgan fingerprint density at radius 1 is 1.20 bits per heavy atom. The predicted octanol–water partition coefficient (Wildman–Crippen LogP) is 1.70. The molecule has 0 amide bonds. The van der Waals surface area contributed by atoms with Crippen LogP contribution in [0.15, 0.2) is 4.99 Å². The Hall–Kier alpha value is -0.850. The molecule has 0 aromatic carbocycles. The zero-order valence-corrected chi connectivity index (χ0v) is 16.6. The van der Waals surface area contributed by atoms with Gasteiger partial charge in [-0.2, -0.15) is 0 Å². The Labute approximate surface area is 154 Å². The second-order valence-electron chi connectivity index (χ2n) is 7.32. The van der Waals surface area contributed by atoms with E-state index in [1.54, 1.807) is 0 Å². The number of hydrogen-bond donors (Lipinski definition) is 3. The van der Waals surface area contributed by atoms with Crippen LogP contribution >= 0.6 is 0 Å². The topological polar surface area (TPSA) is 69.1 Å². The van der Waals surface area contributed by atoms with E-state index in [4.69, 9.17) is 9.73 Å². The lowest BCUT2D eigenvalue weighted by Gasteiger charge is -2.26. The minimum Gasteiger partial charge on any atom is -0.396 e. The Kier molecular flexibility index (Phi) is 12.7. The molecule has 6 nitrogen and oxygen atoms in total. The fourth-order valence-corrected chi connectivity index (χ4v) is 3.19. The first-order valence-corrected chi connectivity index (χ1v) is 10.1. The molecule has 1 atom stereocenters. The van der Waals surface area contributed by atoms with E-state index in [-0.39, 0.29) is 6.61 Å². The molecule has 0 aromatic heterocycles. The molecule has 1 rings (SSSR count). The molecule has 0 spiro atoms. The van der Waals surface area contributed by atoms with Crippen LogP contribution in [0.2, 0.25) is 0 Å². The smallest absolute Gasteiger partial charge is 0.191 e. The first-order chi connectivity index (χ1) is 12.2. The Morgan fingerprint density at radius 3 is 2.60 bits per heavy atom. The molecule has 1 aliphatic heterocycles. The number of rotatable bonds is 12. The molecule has 1 heterocycles. The summed E-state index contributed by atoms with van der Waals surface area (Å²) in [4.78, 5) is 7.21. The van der Waals surface area contributed by atoms with Crippen molar-refractivity contribution in [3.63, 3.8) is 0 Å². The molecule has 0 aromatic rings. The van der Waals surface area contributed by atoms with Gasteiger partial charge in [-0.15, -0.1) is 0 Å². The third-order valence-corrected chi connectivity index (χ3v) is 4.49. The lowest BCUT2D eigenvalue weighted by atomic mass is 9.94. The van der Waals surface area contributed by atoms with Gasteiger partial charge in [0.25, 0.3) is 0 Å². The highest BCUT2D eigenvalue weighted by atomic mass is 16.5. The summed E-state index contributed by atoms with van der Waals surface area (Å²) in [6.07, 6.45) is 4.30. The standard InChI is InChI=1S/C19H40N4O2/c1-4-20-19(22-16-18(7-12-24)15-17(2)3)21-8-5-6-9-23-10-13-25-14-11-23/h17-18,24H,4-16H2,1-3H3,(H2,20,21,22). The molecular formula is C19H40N4O2. The highest BCUT2D eigenvalue weighted by Crippen LogP contribution is 2.15. The van der Waals surface area contributed by atoms with Crippen LogP contribution in [0.3, 0.4) is 0 Å². The van der Waals surface area contributed by atoms with Crippen LogP contribution in [0.25, 0.3) is 0 Å². The van der Waals surface area contributed by atoms with E-state index < -0.39 is 0 Å². The van der Waals surface area contributed by atoms with Crippen LogP contribution in [0.5, 0.6) is 0 Å². The van der Waals surface area contributed by atoms with Crippen molar-refractivity contribution in [2.75, 3.05) is 59.1 Å². The molecule has 1 aliphatic rings. The number of hydrogen-bond acceptors (Lipinski definition) is 4. The molecule has 1 fully saturated rings. The van der Waals surface area contributed by atoms with Gasteiger partial charge in [-0.1, -0.05) is 13.8 Å². The highest BCUT2D eigenvalue weighted by molar-refractivity contribution is 5.79. The molecule has 1 unspecified atom stereocenters. The summed E-state index contributed by atoms with van der Waals surface area (Å²) >= 11 is 0. The van der Waals surface area contributed by atoms with Crippen molar-refractivity contribution in [2.45, 2.75) is 46.5 Å². The number of nitrogens with zero attached hydrogens (tertiary/aromatic N) is 2. The van der Waals surface area contributed by atoms with Crippen molar-refractivity contribution in [1.82, 2.24) is 15.5 Å². The van der Waals surface area contributed by atoms with Crippen molar-refractivity contribution in [3.8, 4) is 0 Å². The van der Waals surface area contributed by atoms with Crippen LogP contribution in [0.1, 0.15) is 46.5 Å². The van der Waals surface area contributed by atoms with Crippen molar-refractivity contribution >= 4 is 5.96 Å². The molecule has 0 aliphatic carbocycles. The Morgan fingerprint density at radius 2 is 1.96 bits per heavy atom. The fraction of sp³-hybridized carbons (Fsp3) is 0.947. The maximum atomic E-state index is 9.23. The number of nitrogens with one attached hydrogen (secondary N) is 2. The van der Waals surface area contributed by atoms with Gasteiger partial charge in [0, 0.05) is 39.3 Å². The van der Waals surface area contributed by atoms with Crippen molar-refractivity contribution in [2.24, 2.45) is 16.8 Å². The Bertz CT molecular complexity index is 344. The quantitative estimate of drug-likeness (QED) is 0.282. The maximum absolute atomic E-state index is 9.23. The maximum Gasteiger partial charge on any atom is 0.191 e. The van der Waals surface area contributed by atoms with Gasteiger partial charge in [0.1, 0.15) is 0 Å². The average Bonchev–Trinajstić information content (AvgIpc) is 2.59. The number of aliphatic imine (C=N–C) groups is 1. The van der Waals surface area contributed by atoms with Crippen molar-refractivity contribution < 1.29 is 9.84 Å².